The van der Waals surface area contributed by atoms with Gasteiger partial charge in [0.2, 0.25) is 10.0 Å². The summed E-state index contributed by atoms with van der Waals surface area (Å²) in [4.78, 5) is 0.375. The molecule has 0 aliphatic carbocycles. The third-order valence-electron chi connectivity index (χ3n) is 4.21. The molecule has 0 saturated heterocycles. The number of hydrogen-bond donors (Lipinski definition) is 0. The first-order chi connectivity index (χ1) is 10.3. The van der Waals surface area contributed by atoms with Crippen LogP contribution < -0.4 is 0 Å². The van der Waals surface area contributed by atoms with Crippen LogP contribution in [-0.2, 0) is 28.5 Å². The summed E-state index contributed by atoms with van der Waals surface area (Å²) in [6.45, 7) is 8.03. The van der Waals surface area contributed by atoms with E-state index in [-0.39, 0.29) is 5.41 Å². The third kappa shape index (κ3) is 2.71. The second-order valence-corrected chi connectivity index (χ2v) is 8.74. The Morgan fingerprint density at radius 2 is 1.68 bits per heavy atom. The minimum Gasteiger partial charge on any atom is -0.349 e. The van der Waals surface area contributed by atoms with Crippen LogP contribution in [0.2, 0.25) is 0 Å². The summed E-state index contributed by atoms with van der Waals surface area (Å²) in [5, 5.41) is 0. The van der Waals surface area contributed by atoms with Crippen LogP contribution in [0.5, 0.6) is 0 Å². The lowest BCUT2D eigenvalue weighted by Gasteiger charge is -2.28. The molecule has 118 valence electrons. The Hall–Kier alpha value is -1.59. The SMILES string of the molecule is CC(C)(C)c1ccc(S(=O)(=O)N2CCn3cccc3C2)cc1. The molecule has 0 radical (unpaired) electrons. The molecule has 0 unspecified atom stereocenters. The van der Waals surface area contributed by atoms with E-state index in [0.29, 0.717) is 24.5 Å². The maximum absolute atomic E-state index is 12.8. The Kier molecular flexibility index (Phi) is 3.65. The van der Waals surface area contributed by atoms with Gasteiger partial charge in [0.25, 0.3) is 0 Å². The molecule has 3 rings (SSSR count). The quantitative estimate of drug-likeness (QED) is 0.854. The van der Waals surface area contributed by atoms with Gasteiger partial charge in [0, 0.05) is 25.0 Å². The number of sulfonamides is 1. The van der Waals surface area contributed by atoms with Crippen molar-refractivity contribution in [3.63, 3.8) is 0 Å². The molecule has 1 aromatic carbocycles. The number of fused-ring (bicyclic) bond motifs is 1. The van der Waals surface area contributed by atoms with Gasteiger partial charge in [-0.15, -0.1) is 0 Å². The monoisotopic (exact) mass is 318 g/mol. The van der Waals surface area contributed by atoms with E-state index in [1.807, 2.05) is 30.5 Å². The predicted molar refractivity (Wildman–Crippen MR) is 87.2 cm³/mol. The lowest BCUT2D eigenvalue weighted by molar-refractivity contribution is 0.341. The second kappa shape index (κ2) is 5.25. The lowest BCUT2D eigenvalue weighted by atomic mass is 9.87. The van der Waals surface area contributed by atoms with Gasteiger partial charge in [-0.05, 0) is 35.2 Å². The largest absolute Gasteiger partial charge is 0.349 e. The lowest BCUT2D eigenvalue weighted by Crippen LogP contribution is -2.37. The summed E-state index contributed by atoms with van der Waals surface area (Å²) in [7, 11) is -3.42. The zero-order valence-electron chi connectivity index (χ0n) is 13.3. The highest BCUT2D eigenvalue weighted by Gasteiger charge is 2.28. The van der Waals surface area contributed by atoms with Crippen LogP contribution in [0.4, 0.5) is 0 Å². The molecule has 0 amide bonds. The Bertz CT molecular complexity index is 768. The van der Waals surface area contributed by atoms with Crippen molar-refractivity contribution in [3.8, 4) is 0 Å². The Morgan fingerprint density at radius 1 is 1.00 bits per heavy atom. The van der Waals surface area contributed by atoms with Crippen LogP contribution in [0, 0.1) is 0 Å². The van der Waals surface area contributed by atoms with Crippen molar-refractivity contribution in [2.75, 3.05) is 6.54 Å². The zero-order valence-corrected chi connectivity index (χ0v) is 14.1. The van der Waals surface area contributed by atoms with Crippen molar-refractivity contribution in [1.82, 2.24) is 8.87 Å². The van der Waals surface area contributed by atoms with E-state index in [1.54, 1.807) is 16.4 Å². The molecule has 1 aliphatic rings. The van der Waals surface area contributed by atoms with Crippen molar-refractivity contribution < 1.29 is 8.42 Å². The van der Waals surface area contributed by atoms with Gasteiger partial charge in [0.05, 0.1) is 11.4 Å². The number of aromatic nitrogens is 1. The van der Waals surface area contributed by atoms with Gasteiger partial charge in [0.1, 0.15) is 0 Å². The van der Waals surface area contributed by atoms with Crippen LogP contribution in [-0.4, -0.2) is 23.8 Å². The van der Waals surface area contributed by atoms with E-state index in [1.165, 1.54) is 0 Å². The Morgan fingerprint density at radius 3 is 2.32 bits per heavy atom. The minimum atomic E-state index is -3.42. The molecular formula is C17H22N2O2S. The summed E-state index contributed by atoms with van der Waals surface area (Å²) in [5.41, 5.74) is 2.20. The van der Waals surface area contributed by atoms with Gasteiger partial charge in [-0.2, -0.15) is 4.31 Å². The summed E-state index contributed by atoms with van der Waals surface area (Å²) >= 11 is 0. The second-order valence-electron chi connectivity index (χ2n) is 6.81. The number of nitrogens with zero attached hydrogens (tertiary/aromatic N) is 2. The maximum Gasteiger partial charge on any atom is 0.243 e. The molecule has 4 nitrogen and oxygen atoms in total. The molecule has 0 saturated carbocycles. The van der Waals surface area contributed by atoms with Crippen molar-refractivity contribution >= 4 is 10.0 Å². The summed E-state index contributed by atoms with van der Waals surface area (Å²) < 4.78 is 29.3. The highest BCUT2D eigenvalue weighted by atomic mass is 32.2. The van der Waals surface area contributed by atoms with Gasteiger partial charge in [-0.3, -0.25) is 0 Å². The highest BCUT2D eigenvalue weighted by molar-refractivity contribution is 7.89. The average Bonchev–Trinajstić information content (AvgIpc) is 2.94. The van der Waals surface area contributed by atoms with Gasteiger partial charge < -0.3 is 4.57 Å². The fourth-order valence-electron chi connectivity index (χ4n) is 2.77. The van der Waals surface area contributed by atoms with Crippen LogP contribution >= 0.6 is 0 Å². The van der Waals surface area contributed by atoms with E-state index >= 15 is 0 Å². The molecule has 2 heterocycles. The average molecular weight is 318 g/mol. The van der Waals surface area contributed by atoms with E-state index in [0.717, 1.165) is 11.3 Å². The zero-order chi connectivity index (χ0) is 16.0. The molecule has 1 aromatic heterocycles. The van der Waals surface area contributed by atoms with E-state index in [2.05, 4.69) is 25.3 Å². The number of benzene rings is 1. The summed E-state index contributed by atoms with van der Waals surface area (Å²) in [6.07, 6.45) is 2.00. The molecule has 5 heteroatoms. The van der Waals surface area contributed by atoms with E-state index in [4.69, 9.17) is 0 Å². The highest BCUT2D eigenvalue weighted by Crippen LogP contribution is 2.26. The van der Waals surface area contributed by atoms with Crippen molar-refractivity contribution in [1.29, 1.82) is 0 Å². The van der Waals surface area contributed by atoms with Crippen molar-refractivity contribution in [3.05, 3.63) is 53.9 Å². The third-order valence-corrected chi connectivity index (χ3v) is 6.07. The fourth-order valence-corrected chi connectivity index (χ4v) is 4.17. The molecule has 0 atom stereocenters. The predicted octanol–water partition coefficient (Wildman–Crippen LogP) is 2.99. The number of hydrogen-bond acceptors (Lipinski definition) is 2. The first kappa shape index (κ1) is 15.3. The maximum atomic E-state index is 12.8. The minimum absolute atomic E-state index is 0.0221. The van der Waals surface area contributed by atoms with Crippen molar-refractivity contribution in [2.24, 2.45) is 0 Å². The Labute approximate surface area is 132 Å². The molecule has 22 heavy (non-hydrogen) atoms. The van der Waals surface area contributed by atoms with E-state index in [9.17, 15) is 8.42 Å². The first-order valence-corrected chi connectivity index (χ1v) is 8.97. The molecule has 0 spiro atoms. The molecule has 2 aromatic rings. The topological polar surface area (TPSA) is 42.3 Å². The van der Waals surface area contributed by atoms with Crippen molar-refractivity contribution in [2.45, 2.75) is 44.2 Å². The molecule has 0 bridgehead atoms. The molecule has 0 fully saturated rings. The first-order valence-electron chi connectivity index (χ1n) is 7.53. The molecular weight excluding hydrogens is 296 g/mol. The van der Waals surface area contributed by atoms with Crippen LogP contribution in [0.3, 0.4) is 0 Å². The summed E-state index contributed by atoms with van der Waals surface area (Å²) in [5.74, 6) is 0. The van der Waals surface area contributed by atoms with Gasteiger partial charge in [-0.25, -0.2) is 8.42 Å². The Balaban J connectivity index is 1.88. The fraction of sp³-hybridized carbons (Fsp3) is 0.412. The van der Waals surface area contributed by atoms with Crippen LogP contribution in [0.1, 0.15) is 32.0 Å². The summed E-state index contributed by atoms with van der Waals surface area (Å²) in [6, 6.07) is 11.2. The number of rotatable bonds is 2. The standard InChI is InChI=1S/C17H22N2O2S/c1-17(2,3)14-6-8-16(9-7-14)22(20,21)19-12-11-18-10-4-5-15(18)13-19/h4-10H,11-13H2,1-3H3. The van der Waals surface area contributed by atoms with Crippen LogP contribution in [0.15, 0.2) is 47.5 Å². The van der Waals surface area contributed by atoms with Gasteiger partial charge in [-0.1, -0.05) is 32.9 Å². The molecule has 1 aliphatic heterocycles. The van der Waals surface area contributed by atoms with Crippen LogP contribution in [0.25, 0.3) is 0 Å². The van der Waals surface area contributed by atoms with Gasteiger partial charge in [0.15, 0.2) is 0 Å². The molecule has 0 N–H and O–H groups in total. The normalized spacial score (nSPS) is 16.5. The smallest absolute Gasteiger partial charge is 0.243 e. The van der Waals surface area contributed by atoms with Gasteiger partial charge >= 0.3 is 0 Å². The van der Waals surface area contributed by atoms with E-state index < -0.39 is 10.0 Å².